The highest BCUT2D eigenvalue weighted by Crippen LogP contribution is 2.65. The fraction of sp³-hybridized carbons (Fsp3) is 0.173. The number of anilines is 2. The summed E-state index contributed by atoms with van der Waals surface area (Å²) in [5, 5.41) is 12.4. The van der Waals surface area contributed by atoms with Gasteiger partial charge in [0.05, 0.1) is 34.5 Å². The van der Waals surface area contributed by atoms with Crippen LogP contribution < -0.4 is 14.5 Å². The number of carbonyl (C=O) groups excluding carboxylic acids is 5. The van der Waals surface area contributed by atoms with E-state index >= 15 is 9.59 Å². The van der Waals surface area contributed by atoms with Crippen LogP contribution in [0.25, 0.3) is 0 Å². The molecule has 1 saturated carbocycles. The van der Waals surface area contributed by atoms with Gasteiger partial charge in [0.1, 0.15) is 18.1 Å². The van der Waals surface area contributed by atoms with Crippen LogP contribution in [0.1, 0.15) is 51.4 Å². The molecule has 62 heavy (non-hydrogen) atoms. The van der Waals surface area contributed by atoms with Crippen LogP contribution in [-0.2, 0) is 31.2 Å². The molecule has 2 aliphatic carbocycles. The van der Waals surface area contributed by atoms with E-state index in [0.29, 0.717) is 50.0 Å². The second-order valence-corrected chi connectivity index (χ2v) is 16.8. The fourth-order valence-corrected chi connectivity index (χ4v) is 10.6. The third kappa shape index (κ3) is 6.18. The van der Waals surface area contributed by atoms with Gasteiger partial charge in [-0.1, -0.05) is 126 Å². The molecule has 2 heterocycles. The molecule has 6 aromatic rings. The van der Waals surface area contributed by atoms with E-state index < -0.39 is 52.7 Å². The Kier molecular flexibility index (Phi) is 9.72. The molecular formula is C52H39ClN2O7. The molecule has 9 nitrogen and oxygen atoms in total. The Balaban J connectivity index is 1.08. The van der Waals surface area contributed by atoms with Crippen molar-refractivity contribution in [2.24, 2.45) is 23.7 Å². The number of aromatic hydroxyl groups is 1. The van der Waals surface area contributed by atoms with Gasteiger partial charge >= 0.3 is 0 Å². The van der Waals surface area contributed by atoms with Gasteiger partial charge in [-0.15, -0.1) is 0 Å². The lowest BCUT2D eigenvalue weighted by atomic mass is 9.49. The zero-order valence-corrected chi connectivity index (χ0v) is 34.0. The molecule has 10 heteroatoms. The van der Waals surface area contributed by atoms with Gasteiger partial charge in [0.15, 0.2) is 5.78 Å². The van der Waals surface area contributed by atoms with Crippen LogP contribution in [0.5, 0.6) is 11.5 Å². The van der Waals surface area contributed by atoms with Crippen LogP contribution in [0.3, 0.4) is 0 Å². The number of halogens is 1. The lowest BCUT2D eigenvalue weighted by molar-refractivity contribution is -0.127. The first kappa shape index (κ1) is 39.1. The summed E-state index contributed by atoms with van der Waals surface area (Å²) >= 11 is 6.46. The number of imide groups is 2. The summed E-state index contributed by atoms with van der Waals surface area (Å²) in [4.78, 5) is 75.6. The van der Waals surface area contributed by atoms with Crippen molar-refractivity contribution in [3.05, 3.63) is 202 Å². The van der Waals surface area contributed by atoms with Crippen molar-refractivity contribution in [2.75, 3.05) is 9.80 Å². The number of ketones is 1. The summed E-state index contributed by atoms with van der Waals surface area (Å²) in [6.45, 7) is 0.260. The molecule has 3 fully saturated rings. The van der Waals surface area contributed by atoms with E-state index in [1.807, 2.05) is 72.8 Å². The van der Waals surface area contributed by atoms with E-state index in [2.05, 4.69) is 0 Å². The normalized spacial score (nSPS) is 24.0. The number of allylic oxidation sites excluding steroid dienone is 2. The highest BCUT2D eigenvalue weighted by molar-refractivity contribution is 6.32. The number of nitrogens with zero attached hydrogens (tertiary/aromatic N) is 2. The predicted molar refractivity (Wildman–Crippen MR) is 234 cm³/mol. The van der Waals surface area contributed by atoms with Crippen LogP contribution in [0.15, 0.2) is 169 Å². The molecular weight excluding hydrogens is 800 g/mol. The summed E-state index contributed by atoms with van der Waals surface area (Å²) in [7, 11) is 0. The number of hydrogen-bond donors (Lipinski definition) is 1. The summed E-state index contributed by atoms with van der Waals surface area (Å²) in [5.74, 6) is -5.81. The first-order valence-electron chi connectivity index (χ1n) is 20.6. The van der Waals surface area contributed by atoms with E-state index in [-0.39, 0.29) is 36.9 Å². The second-order valence-electron chi connectivity index (χ2n) is 16.3. The molecule has 0 radical (unpaired) electrons. The maximum Gasteiger partial charge on any atom is 0.246 e. The third-order valence-electron chi connectivity index (χ3n) is 13.2. The number of carbonyl (C=O) groups is 5. The number of amides is 4. The lowest BCUT2D eigenvalue weighted by Crippen LogP contribution is -2.53. The topological polar surface area (TPSA) is 121 Å². The fourth-order valence-electron chi connectivity index (χ4n) is 10.5. The van der Waals surface area contributed by atoms with Gasteiger partial charge in [-0.3, -0.25) is 28.9 Å². The number of ether oxygens (including phenoxy) is 1. The monoisotopic (exact) mass is 838 g/mol. The van der Waals surface area contributed by atoms with Crippen molar-refractivity contribution in [1.29, 1.82) is 0 Å². The molecule has 2 aliphatic heterocycles. The molecule has 6 unspecified atom stereocenters. The maximum absolute atomic E-state index is 15.6. The van der Waals surface area contributed by atoms with Crippen molar-refractivity contribution in [2.45, 2.75) is 30.8 Å². The first-order chi connectivity index (χ1) is 30.2. The number of fused-ring (bicyclic) bond motifs is 4. The Morgan fingerprint density at radius 3 is 2.05 bits per heavy atom. The van der Waals surface area contributed by atoms with Crippen molar-refractivity contribution in [3.63, 3.8) is 0 Å². The molecule has 0 aromatic heterocycles. The Bertz CT molecular complexity index is 2810. The van der Waals surface area contributed by atoms with Gasteiger partial charge in [0.25, 0.3) is 0 Å². The average molecular weight is 839 g/mol. The number of phenols is 1. The standard InChI is InChI=1S/C52H39ClN2O7/c53-35-17-10-18-37(27-35)55-49(59)43-29-42-39(25-26-41-45(42)50(60)54(48(41)58)36-21-19-33(20-22-36)47(57)32-13-6-2-7-14-32)46(52(43,51(55)61)34-15-8-3-9-16-34)40-24-23-38(28-44(40)56)62-30-31-11-4-1-5-12-31/h1-25,27-28,41-43,45-46,56H,26,29-30H2. The molecule has 0 bridgehead atoms. The summed E-state index contributed by atoms with van der Waals surface area (Å²) in [6.07, 6.45) is 2.25. The second kappa shape index (κ2) is 15.4. The van der Waals surface area contributed by atoms with Crippen LogP contribution in [0, 0.1) is 23.7 Å². The number of benzene rings is 6. The molecule has 10 rings (SSSR count). The van der Waals surface area contributed by atoms with Gasteiger partial charge in [-0.25, -0.2) is 4.90 Å². The van der Waals surface area contributed by atoms with Crippen LogP contribution in [-0.4, -0.2) is 34.5 Å². The van der Waals surface area contributed by atoms with Crippen molar-refractivity contribution >= 4 is 52.4 Å². The molecule has 1 N–H and O–H groups in total. The van der Waals surface area contributed by atoms with E-state index in [0.717, 1.165) is 5.56 Å². The Labute approximate surface area is 362 Å². The summed E-state index contributed by atoms with van der Waals surface area (Å²) in [6, 6.07) is 45.7. The van der Waals surface area contributed by atoms with Crippen LogP contribution in [0.4, 0.5) is 11.4 Å². The lowest BCUT2D eigenvalue weighted by Gasteiger charge is -2.50. The quantitative estimate of drug-likeness (QED) is 0.0876. The van der Waals surface area contributed by atoms with Gasteiger partial charge in [-0.05, 0) is 78.4 Å². The minimum absolute atomic E-state index is 0.0937. The highest BCUT2D eigenvalue weighted by atomic mass is 35.5. The highest BCUT2D eigenvalue weighted by Gasteiger charge is 2.70. The zero-order valence-electron chi connectivity index (χ0n) is 33.3. The smallest absolute Gasteiger partial charge is 0.246 e. The molecule has 0 spiro atoms. The van der Waals surface area contributed by atoms with Gasteiger partial charge in [-0.2, -0.15) is 0 Å². The van der Waals surface area contributed by atoms with Crippen LogP contribution in [0.2, 0.25) is 5.02 Å². The Morgan fingerprint density at radius 1 is 0.677 bits per heavy atom. The van der Waals surface area contributed by atoms with Gasteiger partial charge in [0, 0.05) is 33.7 Å². The van der Waals surface area contributed by atoms with Gasteiger partial charge in [0.2, 0.25) is 23.6 Å². The number of rotatable bonds is 9. The Hall–Kier alpha value is -7.10. The van der Waals surface area contributed by atoms with Crippen molar-refractivity contribution in [3.8, 4) is 11.5 Å². The number of phenolic OH excluding ortho intramolecular Hbond substituents is 1. The van der Waals surface area contributed by atoms with E-state index in [1.165, 1.54) is 15.9 Å². The van der Waals surface area contributed by atoms with E-state index in [1.54, 1.807) is 84.9 Å². The van der Waals surface area contributed by atoms with Crippen molar-refractivity contribution in [1.82, 2.24) is 0 Å². The van der Waals surface area contributed by atoms with Crippen LogP contribution >= 0.6 is 11.6 Å². The maximum atomic E-state index is 15.6. The molecule has 2 saturated heterocycles. The minimum atomic E-state index is -1.56. The molecule has 6 atom stereocenters. The Morgan fingerprint density at radius 2 is 1.35 bits per heavy atom. The molecule has 6 aromatic carbocycles. The van der Waals surface area contributed by atoms with Gasteiger partial charge < -0.3 is 9.84 Å². The molecule has 4 aliphatic rings. The van der Waals surface area contributed by atoms with E-state index in [9.17, 15) is 19.5 Å². The summed E-state index contributed by atoms with van der Waals surface area (Å²) < 4.78 is 6.10. The van der Waals surface area contributed by atoms with Crippen molar-refractivity contribution < 1.29 is 33.8 Å². The molecule has 306 valence electrons. The first-order valence-corrected chi connectivity index (χ1v) is 21.0. The zero-order chi connectivity index (χ0) is 42.7. The summed E-state index contributed by atoms with van der Waals surface area (Å²) in [5.41, 5.74) is 2.65. The predicted octanol–water partition coefficient (Wildman–Crippen LogP) is 9.22. The van der Waals surface area contributed by atoms with E-state index in [4.69, 9.17) is 16.3 Å². The molecule has 4 amide bonds. The average Bonchev–Trinajstić information content (AvgIpc) is 3.69. The third-order valence-corrected chi connectivity index (χ3v) is 13.4. The number of hydrogen-bond acceptors (Lipinski definition) is 7. The minimum Gasteiger partial charge on any atom is -0.508 e. The SMILES string of the molecule is O=C(c1ccccc1)c1ccc(N2C(=O)C3CC=C4C(CC5C(=O)N(c6cccc(Cl)c6)C(=O)C5(c5ccccc5)C4c4ccc(OCc5ccccc5)cc4O)C3C2=O)cc1. The largest absolute Gasteiger partial charge is 0.508 e.